The number of amides is 1. The maximum absolute atomic E-state index is 11.8. The van der Waals surface area contributed by atoms with Crippen LogP contribution in [-0.2, 0) is 4.74 Å². The standard InChI is InChI=1S/C14H30N4O2S.HI/c1-7-15-12(17-9-11-21-6)16-8-10-18(5)13(19)20-14(2,3)4;/h7-11H2,1-6H3,(H2,15,16,17);1H. The fourth-order valence-electron chi connectivity index (χ4n) is 1.36. The fraction of sp³-hybridized carbons (Fsp3) is 0.857. The molecule has 0 bridgehead atoms. The SMILES string of the molecule is CCNC(=NCCSC)NCCN(C)C(=O)OC(C)(C)C.I. The van der Waals surface area contributed by atoms with Gasteiger partial charge in [-0.15, -0.1) is 24.0 Å². The Balaban J connectivity index is 0. The van der Waals surface area contributed by atoms with Gasteiger partial charge >= 0.3 is 6.09 Å². The summed E-state index contributed by atoms with van der Waals surface area (Å²) >= 11 is 1.77. The second-order valence-corrected chi connectivity index (χ2v) is 6.57. The third-order valence-corrected chi connectivity index (χ3v) is 2.95. The maximum Gasteiger partial charge on any atom is 0.410 e. The van der Waals surface area contributed by atoms with Gasteiger partial charge < -0.3 is 20.3 Å². The summed E-state index contributed by atoms with van der Waals surface area (Å²) in [5.41, 5.74) is -0.465. The van der Waals surface area contributed by atoms with E-state index in [0.29, 0.717) is 13.1 Å². The number of aliphatic imine (C=N–C) groups is 1. The summed E-state index contributed by atoms with van der Waals surface area (Å²) in [5.74, 6) is 1.78. The second kappa shape index (κ2) is 13.1. The molecule has 0 atom stereocenters. The zero-order valence-electron chi connectivity index (χ0n) is 14.6. The van der Waals surface area contributed by atoms with Gasteiger partial charge in [0.2, 0.25) is 0 Å². The van der Waals surface area contributed by atoms with Crippen LogP contribution in [0.25, 0.3) is 0 Å². The van der Waals surface area contributed by atoms with Gasteiger partial charge in [-0.25, -0.2) is 4.79 Å². The molecule has 0 aromatic rings. The molecular formula is C14H31IN4O2S. The highest BCUT2D eigenvalue weighted by Gasteiger charge is 2.19. The van der Waals surface area contributed by atoms with E-state index in [1.807, 2.05) is 27.7 Å². The molecule has 0 radical (unpaired) electrons. The molecule has 0 aliphatic heterocycles. The molecule has 6 nitrogen and oxygen atoms in total. The van der Waals surface area contributed by atoms with Crippen molar-refractivity contribution < 1.29 is 9.53 Å². The number of nitrogens with zero attached hydrogens (tertiary/aromatic N) is 2. The average molecular weight is 446 g/mol. The van der Waals surface area contributed by atoms with Crippen LogP contribution in [0.3, 0.4) is 0 Å². The summed E-state index contributed by atoms with van der Waals surface area (Å²) in [6.45, 7) is 10.4. The van der Waals surface area contributed by atoms with Crippen molar-refractivity contribution >= 4 is 47.8 Å². The van der Waals surface area contributed by atoms with E-state index in [0.717, 1.165) is 24.8 Å². The second-order valence-electron chi connectivity index (χ2n) is 5.58. The van der Waals surface area contributed by atoms with Crippen LogP contribution in [-0.4, -0.2) is 67.8 Å². The Bertz CT molecular complexity index is 335. The first kappa shape index (κ1) is 23.9. The Morgan fingerprint density at radius 1 is 1.32 bits per heavy atom. The number of hydrogen-bond acceptors (Lipinski definition) is 4. The van der Waals surface area contributed by atoms with Gasteiger partial charge in [-0.2, -0.15) is 11.8 Å². The van der Waals surface area contributed by atoms with E-state index in [-0.39, 0.29) is 30.1 Å². The topological polar surface area (TPSA) is 66.0 Å². The Morgan fingerprint density at radius 3 is 2.45 bits per heavy atom. The summed E-state index contributed by atoms with van der Waals surface area (Å²) < 4.78 is 5.29. The molecule has 0 spiro atoms. The van der Waals surface area contributed by atoms with Crippen LogP contribution in [0, 0.1) is 0 Å². The Labute approximate surface area is 156 Å². The Morgan fingerprint density at radius 2 is 1.95 bits per heavy atom. The van der Waals surface area contributed by atoms with E-state index in [1.54, 1.807) is 23.7 Å². The van der Waals surface area contributed by atoms with Gasteiger partial charge in [-0.1, -0.05) is 0 Å². The molecule has 8 heteroatoms. The summed E-state index contributed by atoms with van der Waals surface area (Å²) in [7, 11) is 1.73. The molecule has 0 rings (SSSR count). The van der Waals surface area contributed by atoms with Crippen molar-refractivity contribution in [2.24, 2.45) is 4.99 Å². The number of rotatable bonds is 7. The van der Waals surface area contributed by atoms with Gasteiger partial charge in [0.25, 0.3) is 0 Å². The van der Waals surface area contributed by atoms with Crippen LogP contribution in [0.15, 0.2) is 4.99 Å². The number of guanidine groups is 1. The first-order valence-electron chi connectivity index (χ1n) is 7.25. The van der Waals surface area contributed by atoms with E-state index in [4.69, 9.17) is 4.74 Å². The molecule has 0 aliphatic rings. The normalized spacial score (nSPS) is 11.5. The summed E-state index contributed by atoms with van der Waals surface area (Å²) in [6, 6.07) is 0. The maximum atomic E-state index is 11.8. The van der Waals surface area contributed by atoms with E-state index >= 15 is 0 Å². The predicted molar refractivity (Wildman–Crippen MR) is 107 cm³/mol. The number of likely N-dealkylation sites (N-methyl/N-ethyl adjacent to an activating group) is 1. The van der Waals surface area contributed by atoms with Crippen LogP contribution in [0.5, 0.6) is 0 Å². The quantitative estimate of drug-likeness (QED) is 0.272. The number of carbonyl (C=O) groups excluding carboxylic acids is 1. The minimum atomic E-state index is -0.465. The molecule has 1 amide bonds. The van der Waals surface area contributed by atoms with E-state index in [2.05, 4.69) is 21.9 Å². The van der Waals surface area contributed by atoms with Crippen molar-refractivity contribution in [3.63, 3.8) is 0 Å². The third-order valence-electron chi connectivity index (χ3n) is 2.35. The number of hydrogen-bond donors (Lipinski definition) is 2. The fourth-order valence-corrected chi connectivity index (χ4v) is 1.64. The summed E-state index contributed by atoms with van der Waals surface area (Å²) in [5, 5.41) is 6.39. The van der Waals surface area contributed by atoms with Gasteiger partial charge in [0.05, 0.1) is 6.54 Å². The Kier molecular flexibility index (Phi) is 14.2. The highest BCUT2D eigenvalue weighted by atomic mass is 127. The Hall–Kier alpha value is -0.380. The molecule has 0 unspecified atom stereocenters. The van der Waals surface area contributed by atoms with Gasteiger partial charge in [0.15, 0.2) is 5.96 Å². The summed E-state index contributed by atoms with van der Waals surface area (Å²) in [6.07, 6.45) is 1.75. The molecule has 0 saturated heterocycles. The first-order chi connectivity index (χ1) is 9.80. The molecule has 0 aliphatic carbocycles. The average Bonchev–Trinajstić information content (AvgIpc) is 2.36. The van der Waals surface area contributed by atoms with Gasteiger partial charge in [-0.3, -0.25) is 4.99 Å². The van der Waals surface area contributed by atoms with Crippen LogP contribution >= 0.6 is 35.7 Å². The smallest absolute Gasteiger partial charge is 0.410 e. The lowest BCUT2D eigenvalue weighted by molar-refractivity contribution is 0.0302. The number of ether oxygens (including phenoxy) is 1. The van der Waals surface area contributed by atoms with Gasteiger partial charge in [0.1, 0.15) is 5.60 Å². The van der Waals surface area contributed by atoms with Crippen LogP contribution in [0.1, 0.15) is 27.7 Å². The highest BCUT2D eigenvalue weighted by Crippen LogP contribution is 2.08. The monoisotopic (exact) mass is 446 g/mol. The van der Waals surface area contributed by atoms with Crippen molar-refractivity contribution in [1.29, 1.82) is 0 Å². The lowest BCUT2D eigenvalue weighted by Crippen LogP contribution is -2.43. The molecule has 0 aromatic carbocycles. The van der Waals surface area contributed by atoms with Crippen molar-refractivity contribution in [3.8, 4) is 0 Å². The molecule has 0 heterocycles. The van der Waals surface area contributed by atoms with Crippen LogP contribution in [0.2, 0.25) is 0 Å². The molecule has 0 aromatic heterocycles. The van der Waals surface area contributed by atoms with Gasteiger partial charge in [-0.05, 0) is 34.0 Å². The third kappa shape index (κ3) is 13.3. The van der Waals surface area contributed by atoms with Crippen LogP contribution in [0.4, 0.5) is 4.79 Å². The minimum absolute atomic E-state index is 0. The molecule has 2 N–H and O–H groups in total. The molecule has 132 valence electrons. The van der Waals surface area contributed by atoms with Crippen molar-refractivity contribution in [1.82, 2.24) is 15.5 Å². The van der Waals surface area contributed by atoms with E-state index < -0.39 is 5.60 Å². The number of nitrogens with one attached hydrogen (secondary N) is 2. The first-order valence-corrected chi connectivity index (χ1v) is 8.64. The zero-order chi connectivity index (χ0) is 16.3. The van der Waals surface area contributed by atoms with E-state index in [9.17, 15) is 4.79 Å². The largest absolute Gasteiger partial charge is 0.444 e. The van der Waals surface area contributed by atoms with Crippen molar-refractivity contribution in [2.45, 2.75) is 33.3 Å². The van der Waals surface area contributed by atoms with Gasteiger partial charge in [0, 0.05) is 32.4 Å². The molecule has 0 fully saturated rings. The molecule has 22 heavy (non-hydrogen) atoms. The lowest BCUT2D eigenvalue weighted by Gasteiger charge is -2.24. The van der Waals surface area contributed by atoms with Crippen molar-refractivity contribution in [2.75, 3.05) is 45.2 Å². The van der Waals surface area contributed by atoms with Crippen LogP contribution < -0.4 is 10.6 Å². The zero-order valence-corrected chi connectivity index (χ0v) is 17.7. The lowest BCUT2D eigenvalue weighted by atomic mass is 10.2. The molecule has 0 saturated carbocycles. The predicted octanol–water partition coefficient (Wildman–Crippen LogP) is 2.39. The minimum Gasteiger partial charge on any atom is -0.444 e. The van der Waals surface area contributed by atoms with E-state index in [1.165, 1.54) is 0 Å². The molecular weight excluding hydrogens is 415 g/mol. The van der Waals surface area contributed by atoms with Crippen molar-refractivity contribution in [3.05, 3.63) is 0 Å². The summed E-state index contributed by atoms with van der Waals surface area (Å²) in [4.78, 5) is 17.8. The number of thioether (sulfide) groups is 1. The number of carbonyl (C=O) groups is 1. The number of halogens is 1. The highest BCUT2D eigenvalue weighted by molar-refractivity contribution is 14.0.